The van der Waals surface area contributed by atoms with E-state index in [1.165, 1.54) is 57.1 Å². The third-order valence-corrected chi connectivity index (χ3v) is 4.40. The van der Waals surface area contributed by atoms with Gasteiger partial charge in [-0.15, -0.1) is 0 Å². The molecule has 1 aromatic carbocycles. The molecule has 3 rings (SSSR count). The highest BCUT2D eigenvalue weighted by atomic mass is 16.5. The standard InChI is InChI=1S/C17H25NO/c1-2-9-16(8-1)19-17-10-5-6-14(13-17)12-15-7-3-4-11-18-15/h5-6,10,13,15-16,18H,1-4,7-9,11-12H2. The van der Waals surface area contributed by atoms with Gasteiger partial charge in [-0.25, -0.2) is 0 Å². The summed E-state index contributed by atoms with van der Waals surface area (Å²) in [5, 5.41) is 3.62. The van der Waals surface area contributed by atoms with E-state index in [-0.39, 0.29) is 0 Å². The fourth-order valence-electron chi connectivity index (χ4n) is 3.33. The molecule has 1 aliphatic heterocycles. The minimum atomic E-state index is 0.461. The lowest BCUT2D eigenvalue weighted by atomic mass is 9.98. The summed E-state index contributed by atoms with van der Waals surface area (Å²) in [5.74, 6) is 1.07. The van der Waals surface area contributed by atoms with Crippen molar-refractivity contribution in [2.24, 2.45) is 0 Å². The van der Waals surface area contributed by atoms with Gasteiger partial charge in [0.1, 0.15) is 5.75 Å². The number of hydrogen-bond donors (Lipinski definition) is 1. The number of piperidine rings is 1. The van der Waals surface area contributed by atoms with E-state index >= 15 is 0 Å². The predicted octanol–water partition coefficient (Wildman–Crippen LogP) is 3.69. The lowest BCUT2D eigenvalue weighted by molar-refractivity contribution is 0.210. The summed E-state index contributed by atoms with van der Waals surface area (Å²) in [6.45, 7) is 1.18. The Hall–Kier alpha value is -1.02. The van der Waals surface area contributed by atoms with Crippen LogP contribution in [0.15, 0.2) is 24.3 Å². The van der Waals surface area contributed by atoms with Gasteiger partial charge in [-0.3, -0.25) is 0 Å². The zero-order valence-electron chi connectivity index (χ0n) is 11.7. The van der Waals surface area contributed by atoms with Crippen LogP contribution < -0.4 is 10.1 Å². The van der Waals surface area contributed by atoms with Crippen LogP contribution in [-0.4, -0.2) is 18.7 Å². The van der Waals surface area contributed by atoms with Crippen LogP contribution in [0.5, 0.6) is 5.75 Å². The molecule has 2 aliphatic rings. The maximum absolute atomic E-state index is 6.08. The molecule has 0 bridgehead atoms. The van der Waals surface area contributed by atoms with Crippen LogP contribution in [0.1, 0.15) is 50.5 Å². The van der Waals surface area contributed by atoms with E-state index in [4.69, 9.17) is 4.74 Å². The molecule has 1 unspecified atom stereocenters. The van der Waals surface area contributed by atoms with Gasteiger partial charge < -0.3 is 10.1 Å². The Morgan fingerprint density at radius 3 is 2.68 bits per heavy atom. The van der Waals surface area contributed by atoms with Crippen molar-refractivity contribution >= 4 is 0 Å². The van der Waals surface area contributed by atoms with E-state index in [9.17, 15) is 0 Å². The van der Waals surface area contributed by atoms with Crippen LogP contribution in [0.4, 0.5) is 0 Å². The number of hydrogen-bond acceptors (Lipinski definition) is 2. The molecule has 2 nitrogen and oxygen atoms in total. The zero-order valence-corrected chi connectivity index (χ0v) is 11.7. The first-order valence-electron chi connectivity index (χ1n) is 7.89. The maximum atomic E-state index is 6.08. The molecule has 1 N–H and O–H groups in total. The first kappa shape index (κ1) is 13.0. The Morgan fingerprint density at radius 1 is 1.05 bits per heavy atom. The zero-order chi connectivity index (χ0) is 12.9. The summed E-state index contributed by atoms with van der Waals surface area (Å²) in [5.41, 5.74) is 1.41. The summed E-state index contributed by atoms with van der Waals surface area (Å²) in [4.78, 5) is 0. The topological polar surface area (TPSA) is 21.3 Å². The average molecular weight is 259 g/mol. The largest absolute Gasteiger partial charge is 0.490 e. The molecule has 2 fully saturated rings. The molecule has 104 valence electrons. The number of ether oxygens (including phenoxy) is 1. The highest BCUT2D eigenvalue weighted by Gasteiger charge is 2.17. The Balaban J connectivity index is 1.58. The van der Waals surface area contributed by atoms with Crippen molar-refractivity contribution in [3.05, 3.63) is 29.8 Å². The van der Waals surface area contributed by atoms with Gasteiger partial charge in [0.15, 0.2) is 0 Å². The van der Waals surface area contributed by atoms with Gasteiger partial charge in [0.25, 0.3) is 0 Å². The van der Waals surface area contributed by atoms with Gasteiger partial charge >= 0.3 is 0 Å². The van der Waals surface area contributed by atoms with Crippen LogP contribution >= 0.6 is 0 Å². The van der Waals surface area contributed by atoms with Crippen molar-refractivity contribution < 1.29 is 4.74 Å². The first-order chi connectivity index (χ1) is 9.40. The van der Waals surface area contributed by atoms with Crippen molar-refractivity contribution in [3.63, 3.8) is 0 Å². The van der Waals surface area contributed by atoms with Crippen LogP contribution in [0.2, 0.25) is 0 Å². The van der Waals surface area contributed by atoms with E-state index in [2.05, 4.69) is 29.6 Å². The van der Waals surface area contributed by atoms with Crippen molar-refractivity contribution in [2.75, 3.05) is 6.54 Å². The van der Waals surface area contributed by atoms with E-state index in [0.717, 1.165) is 12.2 Å². The monoisotopic (exact) mass is 259 g/mol. The average Bonchev–Trinajstić information content (AvgIpc) is 2.93. The van der Waals surface area contributed by atoms with E-state index < -0.39 is 0 Å². The van der Waals surface area contributed by atoms with Gasteiger partial charge in [-0.05, 0) is 69.2 Å². The Kier molecular flexibility index (Phi) is 4.39. The van der Waals surface area contributed by atoms with Crippen molar-refractivity contribution in [1.29, 1.82) is 0 Å². The summed E-state index contributed by atoms with van der Waals surface area (Å²) in [7, 11) is 0. The maximum Gasteiger partial charge on any atom is 0.119 e. The second-order valence-electron chi connectivity index (χ2n) is 6.02. The third kappa shape index (κ3) is 3.73. The SMILES string of the molecule is c1cc(CC2CCCCN2)cc(OC2CCCC2)c1. The van der Waals surface area contributed by atoms with Crippen molar-refractivity contribution in [1.82, 2.24) is 5.32 Å². The number of benzene rings is 1. The summed E-state index contributed by atoms with van der Waals surface area (Å²) in [6, 6.07) is 9.39. The highest BCUT2D eigenvalue weighted by Crippen LogP contribution is 2.25. The quantitative estimate of drug-likeness (QED) is 0.890. The highest BCUT2D eigenvalue weighted by molar-refractivity contribution is 5.29. The molecule has 0 spiro atoms. The minimum Gasteiger partial charge on any atom is -0.490 e. The Morgan fingerprint density at radius 2 is 1.89 bits per heavy atom. The lowest BCUT2D eigenvalue weighted by Crippen LogP contribution is -2.35. The van der Waals surface area contributed by atoms with E-state index in [0.29, 0.717) is 12.1 Å². The van der Waals surface area contributed by atoms with E-state index in [1.54, 1.807) is 0 Å². The number of rotatable bonds is 4. The summed E-state index contributed by atoms with van der Waals surface area (Å²) in [6.07, 6.45) is 10.7. The minimum absolute atomic E-state index is 0.461. The van der Waals surface area contributed by atoms with Gasteiger partial charge in [0.05, 0.1) is 6.10 Å². The number of nitrogens with one attached hydrogen (secondary N) is 1. The van der Waals surface area contributed by atoms with Crippen molar-refractivity contribution in [3.8, 4) is 5.75 Å². The van der Waals surface area contributed by atoms with Gasteiger partial charge in [0, 0.05) is 6.04 Å². The molecule has 1 heterocycles. The van der Waals surface area contributed by atoms with Gasteiger partial charge in [0.2, 0.25) is 0 Å². The molecule has 0 amide bonds. The Labute approximate surface area is 116 Å². The molecule has 0 aromatic heterocycles. The van der Waals surface area contributed by atoms with Crippen LogP contribution in [-0.2, 0) is 6.42 Å². The van der Waals surface area contributed by atoms with Crippen LogP contribution in [0.25, 0.3) is 0 Å². The normalized spacial score (nSPS) is 24.5. The van der Waals surface area contributed by atoms with Crippen LogP contribution in [0.3, 0.4) is 0 Å². The molecular weight excluding hydrogens is 234 g/mol. The van der Waals surface area contributed by atoms with Crippen molar-refractivity contribution in [2.45, 2.75) is 63.5 Å². The Bertz CT molecular complexity index is 392. The molecule has 1 atom stereocenters. The predicted molar refractivity (Wildman–Crippen MR) is 78.7 cm³/mol. The van der Waals surface area contributed by atoms with Crippen LogP contribution in [0, 0.1) is 0 Å². The van der Waals surface area contributed by atoms with E-state index in [1.807, 2.05) is 0 Å². The van der Waals surface area contributed by atoms with Gasteiger partial charge in [-0.2, -0.15) is 0 Å². The fraction of sp³-hybridized carbons (Fsp3) is 0.647. The molecule has 0 radical (unpaired) electrons. The molecular formula is C17H25NO. The molecule has 1 aliphatic carbocycles. The fourth-order valence-corrected chi connectivity index (χ4v) is 3.33. The van der Waals surface area contributed by atoms with Gasteiger partial charge in [-0.1, -0.05) is 18.6 Å². The molecule has 2 heteroatoms. The third-order valence-electron chi connectivity index (χ3n) is 4.40. The smallest absolute Gasteiger partial charge is 0.119 e. The summed E-state index contributed by atoms with van der Waals surface area (Å²) < 4.78 is 6.08. The molecule has 1 saturated carbocycles. The first-order valence-corrected chi connectivity index (χ1v) is 7.89. The molecule has 1 saturated heterocycles. The second kappa shape index (κ2) is 6.42. The molecule has 1 aromatic rings. The molecule has 19 heavy (non-hydrogen) atoms. The summed E-state index contributed by atoms with van der Waals surface area (Å²) >= 11 is 0. The second-order valence-corrected chi connectivity index (χ2v) is 6.02. The lowest BCUT2D eigenvalue weighted by Gasteiger charge is -2.23.